The molecule has 0 unspecified atom stereocenters. The van der Waals surface area contributed by atoms with Crippen molar-refractivity contribution in [2.45, 2.75) is 177 Å². The van der Waals surface area contributed by atoms with Crippen molar-refractivity contribution >= 4 is 11.9 Å². The SMILES string of the molecule is C[C@@H]1[C@H](O)[C@@H](C)/C=C/C=C/C=C/C=C/C=C/C=C/C=C/[C@H](O[C@H]2O[C@@H](C)[C@@H](O)[C@@H](N)[C@H]2O)C[C@H]2O[C@@](O)(C[C@@H](O)C[C@@H](O)[C@@H](O)CC[C@@H](O)C[C@@H](O)CC(=O)O[C@H]1C)C[C@H](O)[C@@H]2C(=O)O. The summed E-state index contributed by atoms with van der Waals surface area (Å²) in [7, 11) is 0. The van der Waals surface area contributed by atoms with E-state index >= 15 is 0 Å². The fraction of sp³-hybridized carbons (Fsp3) is 0.660. The largest absolute Gasteiger partial charge is 0.481 e. The number of carbonyl (C=O) groups excluding carboxylic acids is 1. The lowest BCUT2D eigenvalue weighted by Crippen LogP contribution is -2.61. The first-order valence-corrected chi connectivity index (χ1v) is 22.3. The number of fused-ring (bicyclic) bond motifs is 2. The molecule has 18 nitrogen and oxygen atoms in total. The number of hydrogen-bond acceptors (Lipinski definition) is 17. The van der Waals surface area contributed by atoms with Gasteiger partial charge < -0.3 is 80.9 Å². The quantitative estimate of drug-likeness (QED) is 0.174. The van der Waals surface area contributed by atoms with Gasteiger partial charge in [0.25, 0.3) is 0 Å². The van der Waals surface area contributed by atoms with Crippen molar-refractivity contribution in [3.8, 4) is 0 Å². The summed E-state index contributed by atoms with van der Waals surface area (Å²) in [5.41, 5.74) is 6.02. The molecule has 3 heterocycles. The van der Waals surface area contributed by atoms with Crippen LogP contribution in [-0.4, -0.2) is 166 Å². The molecule has 2 fully saturated rings. The number of hydrogen-bond donors (Lipinski definition) is 12. The molecule has 0 saturated carbocycles. The zero-order chi connectivity index (χ0) is 48.4. The lowest BCUT2D eigenvalue weighted by molar-refractivity contribution is -0.308. The molecular formula is C47H73NO17. The molecule has 0 spiro atoms. The fourth-order valence-electron chi connectivity index (χ4n) is 7.97. The minimum absolute atomic E-state index is 0.107. The third kappa shape index (κ3) is 18.6. The Morgan fingerprint density at radius 1 is 0.662 bits per heavy atom. The van der Waals surface area contributed by atoms with Gasteiger partial charge in [0.1, 0.15) is 18.1 Å². The first kappa shape index (κ1) is 55.9. The average molecular weight is 924 g/mol. The summed E-state index contributed by atoms with van der Waals surface area (Å²) in [6.07, 6.45) is 3.46. The number of ether oxygens (including phenoxy) is 4. The molecule has 2 bridgehead atoms. The highest BCUT2D eigenvalue weighted by Gasteiger charge is 2.51. The van der Waals surface area contributed by atoms with Crippen molar-refractivity contribution < 1.29 is 84.7 Å². The maximum absolute atomic E-state index is 12.6. The van der Waals surface area contributed by atoms with Crippen LogP contribution in [0.4, 0.5) is 0 Å². The Hall–Kier alpha value is -3.44. The molecule has 0 aromatic carbocycles. The molecule has 0 amide bonds. The zero-order valence-electron chi connectivity index (χ0n) is 37.6. The Morgan fingerprint density at radius 3 is 1.82 bits per heavy atom. The van der Waals surface area contributed by atoms with Crippen LogP contribution in [0.2, 0.25) is 0 Å². The number of rotatable bonds is 3. The van der Waals surface area contributed by atoms with Crippen LogP contribution in [0.5, 0.6) is 0 Å². The molecule has 0 radical (unpaired) electrons. The molecule has 3 aliphatic rings. The van der Waals surface area contributed by atoms with Crippen molar-refractivity contribution in [2.24, 2.45) is 23.5 Å². The molecular weight excluding hydrogens is 851 g/mol. The van der Waals surface area contributed by atoms with E-state index in [1.165, 1.54) is 13.0 Å². The maximum Gasteiger partial charge on any atom is 0.311 e. The topological polar surface area (TPSA) is 320 Å². The van der Waals surface area contributed by atoms with Crippen LogP contribution in [0.25, 0.3) is 0 Å². The highest BCUT2D eigenvalue weighted by Crippen LogP contribution is 2.38. The van der Waals surface area contributed by atoms with Gasteiger partial charge >= 0.3 is 11.9 Å². The van der Waals surface area contributed by atoms with Gasteiger partial charge in [-0.15, -0.1) is 0 Å². The predicted octanol–water partition coefficient (Wildman–Crippen LogP) is 0.712. The van der Waals surface area contributed by atoms with E-state index in [0.717, 1.165) is 0 Å². The average Bonchev–Trinajstić information content (AvgIpc) is 3.21. The van der Waals surface area contributed by atoms with Gasteiger partial charge in [0.15, 0.2) is 12.1 Å². The van der Waals surface area contributed by atoms with E-state index in [2.05, 4.69) is 0 Å². The van der Waals surface area contributed by atoms with Crippen LogP contribution in [0.3, 0.4) is 0 Å². The first-order valence-electron chi connectivity index (χ1n) is 22.3. The van der Waals surface area contributed by atoms with E-state index < -0.39 is 147 Å². The molecule has 18 heteroatoms. The molecule has 0 aromatic rings. The van der Waals surface area contributed by atoms with Crippen molar-refractivity contribution in [1.29, 1.82) is 0 Å². The van der Waals surface area contributed by atoms with Crippen LogP contribution >= 0.6 is 0 Å². The molecule has 19 atom stereocenters. The van der Waals surface area contributed by atoms with E-state index in [0.29, 0.717) is 0 Å². The lowest BCUT2D eigenvalue weighted by Gasteiger charge is -2.45. The van der Waals surface area contributed by atoms with Gasteiger partial charge in [-0.05, 0) is 33.1 Å². The summed E-state index contributed by atoms with van der Waals surface area (Å²) in [5.74, 6) is -6.83. The summed E-state index contributed by atoms with van der Waals surface area (Å²) < 4.78 is 23.1. The smallest absolute Gasteiger partial charge is 0.311 e. The van der Waals surface area contributed by atoms with Crippen molar-refractivity contribution in [3.05, 3.63) is 85.1 Å². The summed E-state index contributed by atoms with van der Waals surface area (Å²) in [5, 5.41) is 118. The van der Waals surface area contributed by atoms with Gasteiger partial charge in [-0.25, -0.2) is 0 Å². The second-order valence-electron chi connectivity index (χ2n) is 17.6. The van der Waals surface area contributed by atoms with Crippen LogP contribution in [0, 0.1) is 17.8 Å². The molecule has 2 saturated heterocycles. The van der Waals surface area contributed by atoms with Crippen LogP contribution < -0.4 is 5.73 Å². The van der Waals surface area contributed by atoms with Gasteiger partial charge in [0.05, 0.1) is 79.6 Å². The fourth-order valence-corrected chi connectivity index (χ4v) is 7.97. The van der Waals surface area contributed by atoms with Crippen LogP contribution in [0.15, 0.2) is 85.1 Å². The standard InChI is InChI=1S/C47H73NO17/c1-27-17-15-13-11-9-7-5-6-8-10-12-14-16-18-34(64-46-44(58)41(48)43(57)30(4)63-46)24-38-40(45(59)60)37(54)26-47(61,65-38)25-33(51)22-36(53)35(52)20-19-31(49)21-32(50)23-39(55)62-29(3)28(2)42(27)56/h5-18,27-38,40-44,46,49-54,56-58,61H,19-26,48H2,1-4H3,(H,59,60)/b6-5+,9-7+,10-8+,13-11+,14-12+,17-15+,18-16+/t27-,28-,29-,30-,31+,32+,33-,34-,35-,36+,37-,38+,40-,41+,42+,43+,44+,46+,47-/m0/s1. The minimum atomic E-state index is -2.33. The second kappa shape index (κ2) is 27.4. The first-order chi connectivity index (χ1) is 30.6. The van der Waals surface area contributed by atoms with E-state index in [1.54, 1.807) is 80.7 Å². The lowest BCUT2D eigenvalue weighted by atomic mass is 9.82. The summed E-state index contributed by atoms with van der Waals surface area (Å²) in [6.45, 7) is 6.74. The molecule has 65 heavy (non-hydrogen) atoms. The van der Waals surface area contributed by atoms with Crippen molar-refractivity contribution in [3.63, 3.8) is 0 Å². The summed E-state index contributed by atoms with van der Waals surface area (Å²) in [4.78, 5) is 25.1. The Labute approximate surface area is 381 Å². The van der Waals surface area contributed by atoms with E-state index in [-0.39, 0.29) is 31.6 Å². The number of esters is 1. The van der Waals surface area contributed by atoms with Crippen molar-refractivity contribution in [1.82, 2.24) is 0 Å². The van der Waals surface area contributed by atoms with Crippen molar-refractivity contribution in [2.75, 3.05) is 0 Å². The van der Waals surface area contributed by atoms with Gasteiger partial charge in [-0.3, -0.25) is 9.59 Å². The molecule has 3 rings (SSSR count). The van der Waals surface area contributed by atoms with Gasteiger partial charge in [-0.2, -0.15) is 0 Å². The van der Waals surface area contributed by atoms with E-state index in [4.69, 9.17) is 24.7 Å². The number of carboxylic acid groups (broad SMARTS) is 1. The molecule has 3 aliphatic heterocycles. The highest BCUT2D eigenvalue weighted by atomic mass is 16.7. The molecule has 13 N–H and O–H groups in total. The Balaban J connectivity index is 1.86. The predicted molar refractivity (Wildman–Crippen MR) is 237 cm³/mol. The summed E-state index contributed by atoms with van der Waals surface area (Å²) in [6, 6.07) is -1.15. The van der Waals surface area contributed by atoms with Gasteiger partial charge in [0, 0.05) is 37.5 Å². The number of cyclic esters (lactones) is 1. The monoisotopic (exact) mass is 923 g/mol. The summed E-state index contributed by atoms with van der Waals surface area (Å²) >= 11 is 0. The van der Waals surface area contributed by atoms with Crippen LogP contribution in [0.1, 0.15) is 79.1 Å². The third-order valence-corrected chi connectivity index (χ3v) is 12.0. The Kier molecular flexibility index (Phi) is 23.6. The van der Waals surface area contributed by atoms with E-state index in [1.807, 2.05) is 19.1 Å². The second-order valence-corrected chi connectivity index (χ2v) is 17.6. The van der Waals surface area contributed by atoms with Gasteiger partial charge in [0.2, 0.25) is 0 Å². The number of carboxylic acids is 1. The highest BCUT2D eigenvalue weighted by molar-refractivity contribution is 5.71. The van der Waals surface area contributed by atoms with Crippen LogP contribution in [-0.2, 0) is 28.5 Å². The number of allylic oxidation sites excluding steroid dienone is 12. The molecule has 368 valence electrons. The Bertz CT molecular complexity index is 1670. The number of nitrogens with two attached hydrogens (primary N) is 1. The van der Waals surface area contributed by atoms with Gasteiger partial charge in [-0.1, -0.05) is 98.9 Å². The molecule has 0 aromatic heterocycles. The number of aliphatic hydroxyl groups is 10. The maximum atomic E-state index is 12.6. The Morgan fingerprint density at radius 2 is 1.23 bits per heavy atom. The zero-order valence-corrected chi connectivity index (χ0v) is 37.6. The normalized spacial score (nSPS) is 45.5. The van der Waals surface area contributed by atoms with E-state index in [9.17, 15) is 65.8 Å². The number of aliphatic hydroxyl groups excluding tert-OH is 9. The third-order valence-electron chi connectivity index (χ3n) is 12.0. The minimum Gasteiger partial charge on any atom is -0.481 e. The number of carbonyl (C=O) groups is 2. The number of aliphatic carboxylic acids is 1. The molecule has 0 aliphatic carbocycles.